The van der Waals surface area contributed by atoms with Gasteiger partial charge >= 0.3 is 0 Å². The first-order valence-corrected chi connectivity index (χ1v) is 11.4. The number of hydrogen-bond acceptors (Lipinski definition) is 5. The topological polar surface area (TPSA) is 91.0 Å². The number of ether oxygens (including phenoxy) is 1. The molecule has 4 rings (SSSR count). The van der Waals surface area contributed by atoms with Crippen molar-refractivity contribution in [2.24, 2.45) is 0 Å². The van der Waals surface area contributed by atoms with Gasteiger partial charge in [-0.05, 0) is 56.4 Å². The first kappa shape index (κ1) is 21.6. The highest BCUT2D eigenvalue weighted by atomic mass is 16.5. The molecule has 0 radical (unpaired) electrons. The lowest BCUT2D eigenvalue weighted by molar-refractivity contribution is -0.134. The fourth-order valence-corrected chi connectivity index (χ4v) is 4.09. The van der Waals surface area contributed by atoms with E-state index in [-0.39, 0.29) is 23.8 Å². The third-order valence-corrected chi connectivity index (χ3v) is 6.29. The van der Waals surface area contributed by atoms with Gasteiger partial charge in [-0.3, -0.25) is 19.3 Å². The van der Waals surface area contributed by atoms with E-state index in [9.17, 15) is 14.4 Å². The number of amides is 3. The molecule has 0 spiro atoms. The Kier molecular flexibility index (Phi) is 6.75. The second kappa shape index (κ2) is 9.68. The van der Waals surface area contributed by atoms with Crippen LogP contribution in [0.5, 0.6) is 5.75 Å². The molecule has 1 aromatic rings. The van der Waals surface area contributed by atoms with Gasteiger partial charge in [0.15, 0.2) is 0 Å². The monoisotopic (exact) mass is 428 g/mol. The van der Waals surface area contributed by atoms with Crippen LogP contribution in [0.15, 0.2) is 18.2 Å². The number of nitrogens with one attached hydrogen (secondary N) is 2. The van der Waals surface area contributed by atoms with Crippen LogP contribution in [0.2, 0.25) is 0 Å². The summed E-state index contributed by atoms with van der Waals surface area (Å²) in [6.45, 7) is 5.21. The second-order valence-corrected chi connectivity index (χ2v) is 8.69. The molecule has 1 atom stereocenters. The van der Waals surface area contributed by atoms with Gasteiger partial charge in [-0.2, -0.15) is 0 Å². The van der Waals surface area contributed by atoms with E-state index in [0.29, 0.717) is 45.0 Å². The lowest BCUT2D eigenvalue weighted by atomic mass is 10.0. The van der Waals surface area contributed by atoms with Gasteiger partial charge in [0.2, 0.25) is 17.7 Å². The van der Waals surface area contributed by atoms with Crippen molar-refractivity contribution in [1.82, 2.24) is 15.1 Å². The molecule has 1 aromatic carbocycles. The van der Waals surface area contributed by atoms with Gasteiger partial charge in [0.25, 0.3) is 0 Å². The van der Waals surface area contributed by atoms with Gasteiger partial charge in [0.05, 0.1) is 12.6 Å². The number of anilines is 1. The highest BCUT2D eigenvalue weighted by Crippen LogP contribution is 2.27. The summed E-state index contributed by atoms with van der Waals surface area (Å²) in [6.07, 6.45) is 4.53. The van der Waals surface area contributed by atoms with E-state index in [1.165, 1.54) is 0 Å². The predicted molar refractivity (Wildman–Crippen MR) is 117 cm³/mol. The molecule has 0 bridgehead atoms. The first-order valence-electron chi connectivity index (χ1n) is 11.4. The van der Waals surface area contributed by atoms with Crippen molar-refractivity contribution in [3.63, 3.8) is 0 Å². The molecule has 1 saturated heterocycles. The smallest absolute Gasteiger partial charge is 0.237 e. The molecule has 0 aromatic heterocycles. The van der Waals surface area contributed by atoms with E-state index in [2.05, 4.69) is 15.5 Å². The van der Waals surface area contributed by atoms with Crippen LogP contribution in [0.4, 0.5) is 5.69 Å². The van der Waals surface area contributed by atoms with Crippen LogP contribution in [0.1, 0.15) is 44.6 Å². The van der Waals surface area contributed by atoms with E-state index in [1.54, 1.807) is 0 Å². The minimum atomic E-state index is -0.142. The molecule has 31 heavy (non-hydrogen) atoms. The maximum absolute atomic E-state index is 12.5. The van der Waals surface area contributed by atoms with Crippen LogP contribution in [-0.2, 0) is 20.8 Å². The largest absolute Gasteiger partial charge is 0.494 e. The third-order valence-electron chi connectivity index (χ3n) is 6.29. The fraction of sp³-hybridized carbons (Fsp3) is 0.609. The zero-order valence-corrected chi connectivity index (χ0v) is 18.2. The van der Waals surface area contributed by atoms with Crippen molar-refractivity contribution in [2.45, 2.75) is 57.5 Å². The summed E-state index contributed by atoms with van der Waals surface area (Å²) >= 11 is 0. The Labute approximate surface area is 183 Å². The van der Waals surface area contributed by atoms with Crippen LogP contribution >= 0.6 is 0 Å². The predicted octanol–water partition coefficient (Wildman–Crippen LogP) is 1.54. The van der Waals surface area contributed by atoms with Crippen LogP contribution in [-0.4, -0.2) is 72.4 Å². The fourth-order valence-electron chi connectivity index (χ4n) is 4.09. The Morgan fingerprint density at radius 2 is 1.97 bits per heavy atom. The van der Waals surface area contributed by atoms with Gasteiger partial charge in [0, 0.05) is 50.7 Å². The number of hydrogen-bond donors (Lipinski definition) is 2. The maximum Gasteiger partial charge on any atom is 0.237 e. The average molecular weight is 429 g/mol. The van der Waals surface area contributed by atoms with E-state index in [1.807, 2.05) is 30.0 Å². The summed E-state index contributed by atoms with van der Waals surface area (Å²) < 4.78 is 5.81. The van der Waals surface area contributed by atoms with Crippen molar-refractivity contribution in [2.75, 3.05) is 38.1 Å². The molecule has 2 fully saturated rings. The average Bonchev–Trinajstić information content (AvgIpc) is 3.60. The number of rotatable bonds is 8. The SMILES string of the molecule is CC(C(=O)NC1CC1)N1CCN(C(=O)CCCOc2ccc3c(c2)CCC(=O)N3)CC1. The molecule has 8 heteroatoms. The Morgan fingerprint density at radius 1 is 1.19 bits per heavy atom. The lowest BCUT2D eigenvalue weighted by Crippen LogP contribution is -2.55. The van der Waals surface area contributed by atoms with E-state index >= 15 is 0 Å². The van der Waals surface area contributed by atoms with E-state index in [0.717, 1.165) is 49.4 Å². The lowest BCUT2D eigenvalue weighted by Gasteiger charge is -2.37. The zero-order valence-electron chi connectivity index (χ0n) is 18.2. The number of nitrogens with zero attached hydrogens (tertiary/aromatic N) is 2. The standard InChI is InChI=1S/C23H32N4O4/c1-16(23(30)24-18-5-6-18)26-10-12-27(13-11-26)22(29)3-2-14-31-19-7-8-20-17(15-19)4-9-21(28)25-20/h7-8,15-16,18H,2-6,9-14H2,1H3,(H,24,30)(H,25,28). The summed E-state index contributed by atoms with van der Waals surface area (Å²) in [4.78, 5) is 40.2. The van der Waals surface area contributed by atoms with Crippen molar-refractivity contribution < 1.29 is 19.1 Å². The molecule has 2 heterocycles. The minimum absolute atomic E-state index is 0.0523. The summed E-state index contributed by atoms with van der Waals surface area (Å²) in [5.41, 5.74) is 1.95. The van der Waals surface area contributed by atoms with E-state index < -0.39 is 0 Å². The quantitative estimate of drug-likeness (QED) is 0.613. The summed E-state index contributed by atoms with van der Waals surface area (Å²) in [5, 5.41) is 5.92. The van der Waals surface area contributed by atoms with Crippen molar-refractivity contribution in [3.8, 4) is 5.75 Å². The minimum Gasteiger partial charge on any atom is -0.494 e. The highest BCUT2D eigenvalue weighted by Gasteiger charge is 2.30. The number of fused-ring (bicyclic) bond motifs is 1. The van der Waals surface area contributed by atoms with Gasteiger partial charge in [-0.25, -0.2) is 0 Å². The van der Waals surface area contributed by atoms with Crippen LogP contribution in [0, 0.1) is 0 Å². The molecular formula is C23H32N4O4. The number of piperazine rings is 1. The van der Waals surface area contributed by atoms with Crippen LogP contribution in [0.3, 0.4) is 0 Å². The second-order valence-electron chi connectivity index (χ2n) is 8.69. The molecular weight excluding hydrogens is 396 g/mol. The van der Waals surface area contributed by atoms with Crippen molar-refractivity contribution >= 4 is 23.4 Å². The normalized spacial score (nSPS) is 19.9. The van der Waals surface area contributed by atoms with Crippen LogP contribution < -0.4 is 15.4 Å². The van der Waals surface area contributed by atoms with Gasteiger partial charge in [0.1, 0.15) is 5.75 Å². The molecule has 3 amide bonds. The first-order chi connectivity index (χ1) is 15.0. The van der Waals surface area contributed by atoms with E-state index in [4.69, 9.17) is 4.74 Å². The third kappa shape index (κ3) is 5.76. The summed E-state index contributed by atoms with van der Waals surface area (Å²) in [7, 11) is 0. The summed E-state index contributed by atoms with van der Waals surface area (Å²) in [5.74, 6) is 1.07. The Balaban J connectivity index is 1.14. The van der Waals surface area contributed by atoms with Crippen molar-refractivity contribution in [3.05, 3.63) is 23.8 Å². The molecule has 1 saturated carbocycles. The molecule has 2 N–H and O–H groups in total. The molecule has 3 aliphatic rings. The highest BCUT2D eigenvalue weighted by molar-refractivity contribution is 5.94. The van der Waals surface area contributed by atoms with Gasteiger partial charge < -0.3 is 20.3 Å². The Hall–Kier alpha value is -2.61. The molecule has 8 nitrogen and oxygen atoms in total. The number of aryl methyl sites for hydroxylation is 1. The number of benzene rings is 1. The number of carbonyl (C=O) groups is 3. The van der Waals surface area contributed by atoms with Gasteiger partial charge in [-0.15, -0.1) is 0 Å². The van der Waals surface area contributed by atoms with Crippen LogP contribution in [0.25, 0.3) is 0 Å². The molecule has 1 aliphatic carbocycles. The molecule has 168 valence electrons. The maximum atomic E-state index is 12.5. The van der Waals surface area contributed by atoms with Crippen molar-refractivity contribution in [1.29, 1.82) is 0 Å². The zero-order chi connectivity index (χ0) is 21.8. The molecule has 1 unspecified atom stereocenters. The Bertz CT molecular complexity index is 831. The molecule has 2 aliphatic heterocycles. The Morgan fingerprint density at radius 3 is 2.71 bits per heavy atom. The van der Waals surface area contributed by atoms with Gasteiger partial charge in [-0.1, -0.05) is 0 Å². The summed E-state index contributed by atoms with van der Waals surface area (Å²) in [6, 6.07) is 5.93. The number of carbonyl (C=O) groups excluding carboxylic acids is 3.